The number of halogens is 2. The van der Waals surface area contributed by atoms with Crippen LogP contribution in [0.2, 0.25) is 10.0 Å². The Labute approximate surface area is 186 Å². The molecule has 6 nitrogen and oxygen atoms in total. The molecule has 0 aliphatic carbocycles. The maximum absolute atomic E-state index is 12.6. The van der Waals surface area contributed by atoms with Crippen molar-refractivity contribution >= 4 is 46.5 Å². The predicted molar refractivity (Wildman–Crippen MR) is 119 cm³/mol. The molecule has 2 aromatic rings. The second kappa shape index (κ2) is 11.6. The van der Waals surface area contributed by atoms with E-state index in [1.807, 2.05) is 6.92 Å². The molecule has 0 fully saturated rings. The highest BCUT2D eigenvalue weighted by Crippen LogP contribution is 2.25. The first kappa shape index (κ1) is 23.7. The van der Waals surface area contributed by atoms with E-state index < -0.39 is 0 Å². The Bertz CT molecular complexity index is 901. The summed E-state index contributed by atoms with van der Waals surface area (Å²) in [5.74, 6) is -0.193. The number of rotatable bonds is 10. The van der Waals surface area contributed by atoms with Crippen LogP contribution in [0.1, 0.15) is 37.0 Å². The summed E-state index contributed by atoms with van der Waals surface area (Å²) < 4.78 is 5.53. The van der Waals surface area contributed by atoms with Crippen molar-refractivity contribution < 1.29 is 19.1 Å². The van der Waals surface area contributed by atoms with Crippen molar-refractivity contribution in [3.8, 4) is 5.75 Å². The smallest absolute Gasteiger partial charge is 0.260 e. The normalized spacial score (nSPS) is 10.4. The molecule has 0 unspecified atom stereocenters. The molecule has 30 heavy (non-hydrogen) atoms. The molecule has 1 N–H and O–H groups in total. The molecule has 0 heterocycles. The lowest BCUT2D eigenvalue weighted by Gasteiger charge is -2.22. The van der Waals surface area contributed by atoms with Gasteiger partial charge in [-0.1, -0.05) is 37.0 Å². The summed E-state index contributed by atoms with van der Waals surface area (Å²) in [6.07, 6.45) is 1.11. The molecule has 0 aliphatic rings. The van der Waals surface area contributed by atoms with Crippen molar-refractivity contribution in [1.29, 1.82) is 0 Å². The molecule has 0 saturated carbocycles. The number of ketones is 1. The van der Waals surface area contributed by atoms with Crippen LogP contribution in [-0.4, -0.2) is 42.2 Å². The number of anilines is 1. The highest BCUT2D eigenvalue weighted by atomic mass is 35.5. The van der Waals surface area contributed by atoms with Gasteiger partial charge in [0.25, 0.3) is 5.91 Å². The van der Waals surface area contributed by atoms with E-state index >= 15 is 0 Å². The third-order valence-electron chi connectivity index (χ3n) is 4.24. The molecule has 8 heteroatoms. The maximum Gasteiger partial charge on any atom is 0.260 e. The zero-order chi connectivity index (χ0) is 22.1. The van der Waals surface area contributed by atoms with E-state index in [0.29, 0.717) is 46.4 Å². The Morgan fingerprint density at radius 1 is 1.03 bits per heavy atom. The molecule has 2 aromatic carbocycles. The van der Waals surface area contributed by atoms with Gasteiger partial charge < -0.3 is 15.0 Å². The molecule has 0 spiro atoms. The van der Waals surface area contributed by atoms with Gasteiger partial charge in [0.1, 0.15) is 5.75 Å². The number of amides is 2. The van der Waals surface area contributed by atoms with Gasteiger partial charge >= 0.3 is 0 Å². The summed E-state index contributed by atoms with van der Waals surface area (Å²) >= 11 is 12.0. The molecule has 0 saturated heterocycles. The van der Waals surface area contributed by atoms with Crippen molar-refractivity contribution in [2.45, 2.75) is 26.7 Å². The zero-order valence-corrected chi connectivity index (χ0v) is 18.4. The van der Waals surface area contributed by atoms with Crippen LogP contribution in [0.4, 0.5) is 5.69 Å². The van der Waals surface area contributed by atoms with Crippen LogP contribution in [0.25, 0.3) is 0 Å². The fourth-order valence-corrected chi connectivity index (χ4v) is 3.03. The molecule has 0 atom stereocenters. The second-order valence-electron chi connectivity index (χ2n) is 6.58. The molecule has 0 aromatic heterocycles. The van der Waals surface area contributed by atoms with Crippen molar-refractivity contribution in [1.82, 2.24) is 4.90 Å². The molecule has 2 amide bonds. The van der Waals surface area contributed by atoms with E-state index in [1.54, 1.807) is 49.4 Å². The van der Waals surface area contributed by atoms with Gasteiger partial charge in [-0.25, -0.2) is 0 Å². The Kier molecular flexibility index (Phi) is 9.15. The van der Waals surface area contributed by atoms with Crippen molar-refractivity contribution in [2.24, 2.45) is 0 Å². The van der Waals surface area contributed by atoms with Crippen molar-refractivity contribution in [2.75, 3.05) is 25.0 Å². The number of hydrogen-bond donors (Lipinski definition) is 1. The number of nitrogens with zero attached hydrogens (tertiary/aromatic N) is 1. The fourth-order valence-electron chi connectivity index (χ4n) is 2.70. The summed E-state index contributed by atoms with van der Waals surface area (Å²) in [5, 5.41) is 3.47. The SMILES string of the molecule is CCCN(CC(=O)Nc1cc(Cl)ccc1Cl)C(=O)COc1ccc(C(=O)CC)cc1. The Balaban J connectivity index is 1.94. The summed E-state index contributed by atoms with van der Waals surface area (Å²) in [6.45, 7) is 3.76. The van der Waals surface area contributed by atoms with Gasteiger partial charge in [0.05, 0.1) is 17.3 Å². The van der Waals surface area contributed by atoms with E-state index in [9.17, 15) is 14.4 Å². The largest absolute Gasteiger partial charge is 0.484 e. The minimum atomic E-state index is -0.386. The molecule has 0 bridgehead atoms. The van der Waals surface area contributed by atoms with Gasteiger partial charge in [-0.05, 0) is 48.9 Å². The highest BCUT2D eigenvalue weighted by Gasteiger charge is 2.18. The Hall–Kier alpha value is -2.57. The number of Topliss-reactive ketones (excluding diaryl/α,β-unsaturated/α-hetero) is 1. The minimum Gasteiger partial charge on any atom is -0.484 e. The van der Waals surface area contributed by atoms with Crippen molar-refractivity contribution in [3.63, 3.8) is 0 Å². The molecular weight excluding hydrogens is 427 g/mol. The fraction of sp³-hybridized carbons (Fsp3) is 0.318. The van der Waals surface area contributed by atoms with Crippen LogP contribution in [0.5, 0.6) is 5.75 Å². The number of nitrogens with one attached hydrogen (secondary N) is 1. The van der Waals surface area contributed by atoms with Crippen LogP contribution >= 0.6 is 23.2 Å². The van der Waals surface area contributed by atoms with E-state index in [1.165, 1.54) is 4.90 Å². The lowest BCUT2D eigenvalue weighted by atomic mass is 10.1. The van der Waals surface area contributed by atoms with Gasteiger partial charge in [-0.2, -0.15) is 0 Å². The van der Waals surface area contributed by atoms with Gasteiger partial charge in [0.15, 0.2) is 12.4 Å². The maximum atomic E-state index is 12.6. The average Bonchev–Trinajstić information content (AvgIpc) is 2.74. The number of carbonyl (C=O) groups is 3. The predicted octanol–water partition coefficient (Wildman–Crippen LogP) is 4.84. The summed E-state index contributed by atoms with van der Waals surface area (Å²) in [6, 6.07) is 11.4. The summed E-state index contributed by atoms with van der Waals surface area (Å²) in [4.78, 5) is 38.0. The standard InChI is InChI=1S/C22H24Cl2N2O4/c1-3-11-26(13-21(28)25-19-12-16(23)7-10-18(19)24)22(29)14-30-17-8-5-15(6-9-17)20(27)4-2/h5-10,12H,3-4,11,13-14H2,1-2H3,(H,25,28). The van der Waals surface area contributed by atoms with Crippen molar-refractivity contribution in [3.05, 3.63) is 58.1 Å². The lowest BCUT2D eigenvalue weighted by molar-refractivity contribution is -0.136. The van der Waals surface area contributed by atoms with Crippen LogP contribution in [0.3, 0.4) is 0 Å². The Morgan fingerprint density at radius 3 is 2.37 bits per heavy atom. The number of benzene rings is 2. The highest BCUT2D eigenvalue weighted by molar-refractivity contribution is 6.35. The van der Waals surface area contributed by atoms with Gasteiger partial charge in [0.2, 0.25) is 5.91 Å². The first-order valence-corrected chi connectivity index (χ1v) is 10.4. The lowest BCUT2D eigenvalue weighted by Crippen LogP contribution is -2.41. The monoisotopic (exact) mass is 450 g/mol. The molecule has 0 radical (unpaired) electrons. The van der Waals surface area contributed by atoms with E-state index in [0.717, 1.165) is 0 Å². The minimum absolute atomic E-state index is 0.0394. The number of ether oxygens (including phenoxy) is 1. The first-order chi connectivity index (χ1) is 14.3. The second-order valence-corrected chi connectivity index (χ2v) is 7.42. The van der Waals surface area contributed by atoms with E-state index in [4.69, 9.17) is 27.9 Å². The third kappa shape index (κ3) is 7.04. The molecule has 0 aliphatic heterocycles. The molecular formula is C22H24Cl2N2O4. The average molecular weight is 451 g/mol. The van der Waals surface area contributed by atoms with Crippen LogP contribution in [0, 0.1) is 0 Å². The van der Waals surface area contributed by atoms with E-state index in [-0.39, 0.29) is 30.7 Å². The number of carbonyl (C=O) groups excluding carboxylic acids is 3. The quantitative estimate of drug-likeness (QED) is 0.525. The zero-order valence-electron chi connectivity index (χ0n) is 16.9. The molecule has 160 valence electrons. The number of hydrogen-bond acceptors (Lipinski definition) is 4. The topological polar surface area (TPSA) is 75.7 Å². The molecule has 2 rings (SSSR count). The van der Waals surface area contributed by atoms with Gasteiger partial charge in [0, 0.05) is 23.6 Å². The van der Waals surface area contributed by atoms with Crippen LogP contribution < -0.4 is 10.1 Å². The third-order valence-corrected chi connectivity index (χ3v) is 4.81. The van der Waals surface area contributed by atoms with Gasteiger partial charge in [-0.15, -0.1) is 0 Å². The Morgan fingerprint density at radius 2 is 1.73 bits per heavy atom. The van der Waals surface area contributed by atoms with E-state index in [2.05, 4.69) is 5.32 Å². The van der Waals surface area contributed by atoms with Crippen LogP contribution in [0.15, 0.2) is 42.5 Å². The summed E-state index contributed by atoms with van der Waals surface area (Å²) in [5.41, 5.74) is 0.983. The van der Waals surface area contributed by atoms with Gasteiger partial charge in [-0.3, -0.25) is 14.4 Å². The van der Waals surface area contributed by atoms with Crippen LogP contribution in [-0.2, 0) is 9.59 Å². The summed E-state index contributed by atoms with van der Waals surface area (Å²) in [7, 11) is 0. The first-order valence-electron chi connectivity index (χ1n) is 9.62.